The molecule has 8 nitrogen and oxygen atoms in total. The number of hydrogen-bond donors (Lipinski definition) is 2. The largest absolute Gasteiger partial charge is 0.454 e. The van der Waals surface area contributed by atoms with Gasteiger partial charge in [0, 0.05) is 25.3 Å². The molecule has 3 rings (SSSR count). The molecule has 8 heteroatoms. The fraction of sp³-hybridized carbons (Fsp3) is 0.231. The highest BCUT2D eigenvalue weighted by atomic mass is 16.7. The van der Waals surface area contributed by atoms with Crippen molar-refractivity contribution in [2.45, 2.75) is 6.61 Å². The van der Waals surface area contributed by atoms with E-state index in [-0.39, 0.29) is 19.1 Å². The number of hydrogen-bond acceptors (Lipinski definition) is 7. The summed E-state index contributed by atoms with van der Waals surface area (Å²) < 4.78 is 20.3. The molecular weight excluding hydrogens is 278 g/mol. The van der Waals surface area contributed by atoms with Gasteiger partial charge in [-0.15, -0.1) is 0 Å². The number of carbonyl (C=O) groups is 1. The molecule has 1 aromatic carbocycles. The summed E-state index contributed by atoms with van der Waals surface area (Å²) >= 11 is 0. The van der Waals surface area contributed by atoms with E-state index < -0.39 is 5.91 Å². The summed E-state index contributed by atoms with van der Waals surface area (Å²) in [5.41, 5.74) is 6.78. The van der Waals surface area contributed by atoms with Crippen LogP contribution in [0.25, 0.3) is 0 Å². The Kier molecular flexibility index (Phi) is 3.36. The van der Waals surface area contributed by atoms with Crippen LogP contribution in [0.1, 0.15) is 16.2 Å². The van der Waals surface area contributed by atoms with Gasteiger partial charge >= 0.3 is 0 Å². The molecule has 21 heavy (non-hydrogen) atoms. The van der Waals surface area contributed by atoms with E-state index in [1.54, 1.807) is 12.1 Å². The van der Waals surface area contributed by atoms with E-state index in [4.69, 9.17) is 24.5 Å². The van der Waals surface area contributed by atoms with E-state index in [2.05, 4.69) is 10.5 Å². The number of fused-ring (bicyclic) bond motifs is 1. The first-order valence-electron chi connectivity index (χ1n) is 6.12. The van der Waals surface area contributed by atoms with Gasteiger partial charge in [-0.05, 0) is 0 Å². The molecule has 0 bridgehead atoms. The van der Waals surface area contributed by atoms with Crippen molar-refractivity contribution in [2.75, 3.05) is 25.0 Å². The number of rotatable bonds is 4. The Morgan fingerprint density at radius 1 is 1.38 bits per heavy atom. The molecule has 0 saturated heterocycles. The number of nitrogens with two attached hydrogens (primary N) is 1. The molecule has 2 aromatic rings. The zero-order chi connectivity index (χ0) is 14.8. The molecule has 2 heterocycles. The summed E-state index contributed by atoms with van der Waals surface area (Å²) in [6, 6.07) is 4.70. The van der Waals surface area contributed by atoms with Gasteiger partial charge in [-0.25, -0.2) is 0 Å². The lowest BCUT2D eigenvalue weighted by molar-refractivity contribution is 0.101. The number of methoxy groups -OCH3 is 1. The molecule has 1 aromatic heterocycles. The zero-order valence-corrected chi connectivity index (χ0v) is 11.2. The molecule has 0 atom stereocenters. The molecule has 0 saturated carbocycles. The van der Waals surface area contributed by atoms with E-state index >= 15 is 0 Å². The SMILES string of the molecule is COCc1cc(C(=O)Nc2cc3c(cc2N)OCO3)no1. The quantitative estimate of drug-likeness (QED) is 0.819. The second-order valence-electron chi connectivity index (χ2n) is 4.36. The summed E-state index contributed by atoms with van der Waals surface area (Å²) in [5, 5.41) is 6.32. The van der Waals surface area contributed by atoms with Gasteiger partial charge in [-0.3, -0.25) is 4.79 Å². The van der Waals surface area contributed by atoms with Gasteiger partial charge in [0.15, 0.2) is 23.0 Å². The standard InChI is InChI=1S/C13H13N3O5/c1-18-5-7-2-10(16-21-7)13(17)15-9-4-12-11(3-8(9)14)19-6-20-12/h2-4H,5-6,14H2,1H3,(H,15,17). The van der Waals surface area contributed by atoms with E-state index in [1.165, 1.54) is 13.2 Å². The molecule has 1 amide bonds. The van der Waals surface area contributed by atoms with E-state index in [9.17, 15) is 4.79 Å². The van der Waals surface area contributed by atoms with Gasteiger partial charge in [-0.2, -0.15) is 0 Å². The van der Waals surface area contributed by atoms with Gasteiger partial charge in [0.1, 0.15) is 6.61 Å². The number of nitrogens with zero attached hydrogens (tertiary/aromatic N) is 1. The second kappa shape index (κ2) is 5.33. The highest BCUT2D eigenvalue weighted by Gasteiger charge is 2.19. The van der Waals surface area contributed by atoms with Crippen molar-refractivity contribution in [1.82, 2.24) is 5.16 Å². The zero-order valence-electron chi connectivity index (χ0n) is 11.2. The molecule has 0 fully saturated rings. The smallest absolute Gasteiger partial charge is 0.277 e. The number of carbonyl (C=O) groups excluding carboxylic acids is 1. The predicted molar refractivity (Wildman–Crippen MR) is 72.1 cm³/mol. The number of amides is 1. The van der Waals surface area contributed by atoms with Crippen molar-refractivity contribution < 1.29 is 23.5 Å². The van der Waals surface area contributed by atoms with Gasteiger partial charge in [0.05, 0.1) is 11.4 Å². The van der Waals surface area contributed by atoms with Crippen LogP contribution in [0.4, 0.5) is 11.4 Å². The van der Waals surface area contributed by atoms with Gasteiger partial charge in [-0.1, -0.05) is 5.16 Å². The fourth-order valence-electron chi connectivity index (χ4n) is 1.88. The fourth-order valence-corrected chi connectivity index (χ4v) is 1.88. The Balaban J connectivity index is 1.78. The van der Waals surface area contributed by atoms with Gasteiger partial charge < -0.3 is 29.8 Å². The van der Waals surface area contributed by atoms with Crippen molar-refractivity contribution >= 4 is 17.3 Å². The lowest BCUT2D eigenvalue weighted by atomic mass is 10.2. The van der Waals surface area contributed by atoms with Crippen LogP contribution >= 0.6 is 0 Å². The molecule has 0 spiro atoms. The Morgan fingerprint density at radius 2 is 2.14 bits per heavy atom. The Morgan fingerprint density at radius 3 is 2.90 bits per heavy atom. The Labute approximate surface area is 119 Å². The van der Waals surface area contributed by atoms with Crippen LogP contribution in [0, 0.1) is 0 Å². The van der Waals surface area contributed by atoms with Crippen molar-refractivity contribution in [3.8, 4) is 11.5 Å². The third kappa shape index (κ3) is 2.61. The topological polar surface area (TPSA) is 109 Å². The summed E-state index contributed by atoms with van der Waals surface area (Å²) in [5.74, 6) is 1.10. The first-order valence-corrected chi connectivity index (χ1v) is 6.12. The average Bonchev–Trinajstić information content (AvgIpc) is 3.08. The van der Waals surface area contributed by atoms with Crippen LogP contribution in [0.2, 0.25) is 0 Å². The lowest BCUT2D eigenvalue weighted by Gasteiger charge is -2.07. The molecular formula is C13H13N3O5. The first kappa shape index (κ1) is 13.3. The number of nitrogens with one attached hydrogen (secondary N) is 1. The minimum absolute atomic E-state index is 0.135. The highest BCUT2D eigenvalue weighted by Crippen LogP contribution is 2.38. The van der Waals surface area contributed by atoms with E-state index in [0.717, 1.165) is 0 Å². The number of anilines is 2. The number of benzene rings is 1. The Hall–Kier alpha value is -2.74. The normalized spacial score (nSPS) is 12.4. The maximum atomic E-state index is 12.1. The molecule has 1 aliphatic heterocycles. The van der Waals surface area contributed by atoms with Gasteiger partial charge in [0.25, 0.3) is 5.91 Å². The third-order valence-electron chi connectivity index (χ3n) is 2.87. The minimum atomic E-state index is -0.438. The highest BCUT2D eigenvalue weighted by molar-refractivity contribution is 6.04. The predicted octanol–water partition coefficient (Wildman–Crippen LogP) is 1.38. The van der Waals surface area contributed by atoms with Crippen LogP contribution in [-0.4, -0.2) is 25.0 Å². The minimum Gasteiger partial charge on any atom is -0.454 e. The van der Waals surface area contributed by atoms with Crippen LogP contribution in [0.5, 0.6) is 11.5 Å². The number of aromatic nitrogens is 1. The van der Waals surface area contributed by atoms with Crippen molar-refractivity contribution in [1.29, 1.82) is 0 Å². The molecule has 0 unspecified atom stereocenters. The summed E-state index contributed by atoms with van der Waals surface area (Å²) in [4.78, 5) is 12.1. The molecule has 0 aliphatic carbocycles. The monoisotopic (exact) mass is 291 g/mol. The van der Waals surface area contributed by atoms with Crippen LogP contribution in [0.15, 0.2) is 22.7 Å². The summed E-state index contributed by atoms with van der Waals surface area (Å²) in [7, 11) is 1.52. The maximum Gasteiger partial charge on any atom is 0.277 e. The first-order chi connectivity index (χ1) is 10.2. The van der Waals surface area contributed by atoms with Crippen LogP contribution in [-0.2, 0) is 11.3 Å². The number of ether oxygens (including phenoxy) is 3. The van der Waals surface area contributed by atoms with Crippen LogP contribution < -0.4 is 20.5 Å². The number of nitrogen functional groups attached to an aromatic ring is 1. The Bertz CT molecular complexity index is 682. The average molecular weight is 291 g/mol. The third-order valence-corrected chi connectivity index (χ3v) is 2.87. The molecule has 3 N–H and O–H groups in total. The second-order valence-corrected chi connectivity index (χ2v) is 4.36. The molecule has 0 radical (unpaired) electrons. The summed E-state index contributed by atoms with van der Waals surface area (Å²) in [6.07, 6.45) is 0. The van der Waals surface area contributed by atoms with Crippen LogP contribution in [0.3, 0.4) is 0 Å². The molecule has 1 aliphatic rings. The lowest BCUT2D eigenvalue weighted by Crippen LogP contribution is -2.13. The van der Waals surface area contributed by atoms with Gasteiger partial charge in [0.2, 0.25) is 6.79 Å². The maximum absolute atomic E-state index is 12.1. The van der Waals surface area contributed by atoms with Crippen molar-refractivity contribution in [2.24, 2.45) is 0 Å². The van der Waals surface area contributed by atoms with E-state index in [0.29, 0.717) is 28.6 Å². The van der Waals surface area contributed by atoms with Crippen molar-refractivity contribution in [3.63, 3.8) is 0 Å². The van der Waals surface area contributed by atoms with Crippen molar-refractivity contribution in [3.05, 3.63) is 29.7 Å². The molecule has 110 valence electrons. The van der Waals surface area contributed by atoms with E-state index in [1.807, 2.05) is 0 Å². The summed E-state index contributed by atoms with van der Waals surface area (Å²) in [6.45, 7) is 0.377.